The standard InChI is InChI=1S/C20H18F3N5O/c21-20(22,23)15-2-1-3-16(13-15)26-19-25-7-5-17(27-19)14-4-6-24-18(12-14)28-8-10-29-11-9-28/h1-7,12-13H,8-11H2,(H,25,26,27). The number of pyridine rings is 1. The van der Waals surface area contributed by atoms with Crippen LogP contribution < -0.4 is 10.2 Å². The van der Waals surface area contributed by atoms with Gasteiger partial charge in [0.1, 0.15) is 5.82 Å². The van der Waals surface area contributed by atoms with Gasteiger partial charge in [0.05, 0.1) is 24.5 Å². The van der Waals surface area contributed by atoms with Crippen molar-refractivity contribution in [3.8, 4) is 11.3 Å². The summed E-state index contributed by atoms with van der Waals surface area (Å²) in [5.41, 5.74) is 1.02. The third-order valence-electron chi connectivity index (χ3n) is 4.48. The number of hydrogen-bond donors (Lipinski definition) is 1. The highest BCUT2D eigenvalue weighted by Gasteiger charge is 2.30. The lowest BCUT2D eigenvalue weighted by Crippen LogP contribution is -2.36. The fourth-order valence-electron chi connectivity index (χ4n) is 3.03. The van der Waals surface area contributed by atoms with Crippen molar-refractivity contribution in [1.82, 2.24) is 15.0 Å². The van der Waals surface area contributed by atoms with E-state index in [9.17, 15) is 13.2 Å². The molecule has 0 atom stereocenters. The molecule has 1 aliphatic rings. The second-order valence-electron chi connectivity index (χ2n) is 6.47. The molecule has 0 amide bonds. The van der Waals surface area contributed by atoms with Gasteiger partial charge in [-0.2, -0.15) is 13.2 Å². The van der Waals surface area contributed by atoms with E-state index < -0.39 is 11.7 Å². The van der Waals surface area contributed by atoms with Gasteiger partial charge in [-0.25, -0.2) is 15.0 Å². The van der Waals surface area contributed by atoms with Crippen molar-refractivity contribution >= 4 is 17.5 Å². The van der Waals surface area contributed by atoms with Crippen LogP contribution in [0.2, 0.25) is 0 Å². The van der Waals surface area contributed by atoms with E-state index in [1.807, 2.05) is 12.1 Å². The summed E-state index contributed by atoms with van der Waals surface area (Å²) in [6, 6.07) is 10.4. The number of ether oxygens (including phenoxy) is 1. The molecule has 1 aliphatic heterocycles. The van der Waals surface area contributed by atoms with Gasteiger partial charge < -0.3 is 15.0 Å². The number of aromatic nitrogens is 3. The maximum absolute atomic E-state index is 12.9. The summed E-state index contributed by atoms with van der Waals surface area (Å²) in [7, 11) is 0. The first-order valence-corrected chi connectivity index (χ1v) is 9.05. The first-order chi connectivity index (χ1) is 14.0. The van der Waals surface area contributed by atoms with Crippen LogP contribution in [0, 0.1) is 0 Å². The molecule has 3 heterocycles. The van der Waals surface area contributed by atoms with Crippen LogP contribution >= 0.6 is 0 Å². The summed E-state index contributed by atoms with van der Waals surface area (Å²) >= 11 is 0. The van der Waals surface area contributed by atoms with E-state index in [-0.39, 0.29) is 11.6 Å². The highest BCUT2D eigenvalue weighted by atomic mass is 19.4. The lowest BCUT2D eigenvalue weighted by atomic mass is 10.2. The summed E-state index contributed by atoms with van der Waals surface area (Å²) in [4.78, 5) is 15.1. The van der Waals surface area contributed by atoms with Crippen LogP contribution in [-0.4, -0.2) is 41.3 Å². The number of alkyl halides is 3. The SMILES string of the molecule is FC(F)(F)c1cccc(Nc2nccc(-c3ccnc(N4CCOCC4)c3)n2)c1. The quantitative estimate of drug-likeness (QED) is 0.709. The molecule has 1 saturated heterocycles. The summed E-state index contributed by atoms with van der Waals surface area (Å²) in [5.74, 6) is 1.04. The van der Waals surface area contributed by atoms with Crippen LogP contribution in [0.1, 0.15) is 5.56 Å². The molecule has 0 unspecified atom stereocenters. The van der Waals surface area contributed by atoms with Crippen LogP contribution in [0.5, 0.6) is 0 Å². The Labute approximate surface area is 165 Å². The average Bonchev–Trinajstić information content (AvgIpc) is 2.74. The van der Waals surface area contributed by atoms with E-state index in [0.717, 1.165) is 36.6 Å². The number of nitrogens with one attached hydrogen (secondary N) is 1. The predicted molar refractivity (Wildman–Crippen MR) is 103 cm³/mol. The molecular formula is C20H18F3N5O. The number of hydrogen-bond acceptors (Lipinski definition) is 6. The largest absolute Gasteiger partial charge is 0.416 e. The van der Waals surface area contributed by atoms with Crippen molar-refractivity contribution in [3.05, 3.63) is 60.4 Å². The van der Waals surface area contributed by atoms with Crippen molar-refractivity contribution in [2.24, 2.45) is 0 Å². The topological polar surface area (TPSA) is 63.2 Å². The number of halogens is 3. The molecule has 1 N–H and O–H groups in total. The molecule has 29 heavy (non-hydrogen) atoms. The fourth-order valence-corrected chi connectivity index (χ4v) is 3.03. The van der Waals surface area contributed by atoms with Gasteiger partial charge in [0, 0.05) is 36.7 Å². The normalized spacial score (nSPS) is 14.7. The van der Waals surface area contributed by atoms with Gasteiger partial charge in [0.2, 0.25) is 5.95 Å². The zero-order valence-electron chi connectivity index (χ0n) is 15.4. The maximum atomic E-state index is 12.9. The maximum Gasteiger partial charge on any atom is 0.416 e. The number of rotatable bonds is 4. The van der Waals surface area contributed by atoms with E-state index >= 15 is 0 Å². The molecular weight excluding hydrogens is 383 g/mol. The Kier molecular flexibility index (Phi) is 5.30. The predicted octanol–water partition coefficient (Wildman–Crippen LogP) is 4.14. The van der Waals surface area contributed by atoms with E-state index in [1.54, 1.807) is 18.5 Å². The number of nitrogens with zero attached hydrogens (tertiary/aromatic N) is 4. The van der Waals surface area contributed by atoms with Crippen molar-refractivity contribution in [3.63, 3.8) is 0 Å². The van der Waals surface area contributed by atoms with Crippen LogP contribution in [0.3, 0.4) is 0 Å². The molecule has 1 aromatic carbocycles. The van der Waals surface area contributed by atoms with E-state index in [4.69, 9.17) is 4.74 Å². The molecule has 4 rings (SSSR count). The van der Waals surface area contributed by atoms with Gasteiger partial charge in [0.15, 0.2) is 0 Å². The van der Waals surface area contributed by atoms with Crippen molar-refractivity contribution in [2.75, 3.05) is 36.5 Å². The van der Waals surface area contributed by atoms with Crippen LogP contribution in [-0.2, 0) is 10.9 Å². The molecule has 0 radical (unpaired) electrons. The Hall–Kier alpha value is -3.20. The fraction of sp³-hybridized carbons (Fsp3) is 0.250. The number of morpholine rings is 1. The highest BCUT2D eigenvalue weighted by Crippen LogP contribution is 2.31. The van der Waals surface area contributed by atoms with Crippen LogP contribution in [0.25, 0.3) is 11.3 Å². The van der Waals surface area contributed by atoms with E-state index in [2.05, 4.69) is 25.2 Å². The van der Waals surface area contributed by atoms with Gasteiger partial charge in [0.25, 0.3) is 0 Å². The Balaban J connectivity index is 1.56. The van der Waals surface area contributed by atoms with Crippen molar-refractivity contribution in [2.45, 2.75) is 6.18 Å². The van der Waals surface area contributed by atoms with Gasteiger partial charge in [-0.15, -0.1) is 0 Å². The van der Waals surface area contributed by atoms with Gasteiger partial charge in [-0.05, 0) is 36.4 Å². The third-order valence-corrected chi connectivity index (χ3v) is 4.48. The van der Waals surface area contributed by atoms with Crippen LogP contribution in [0.4, 0.5) is 30.6 Å². The number of anilines is 3. The molecule has 0 aliphatic carbocycles. The summed E-state index contributed by atoms with van der Waals surface area (Å²) in [5, 5.41) is 2.84. The minimum Gasteiger partial charge on any atom is -0.378 e. The summed E-state index contributed by atoms with van der Waals surface area (Å²) in [6.45, 7) is 2.85. The van der Waals surface area contributed by atoms with Gasteiger partial charge in [-0.3, -0.25) is 0 Å². The van der Waals surface area contributed by atoms with E-state index in [0.29, 0.717) is 18.9 Å². The molecule has 2 aromatic heterocycles. The molecule has 6 nitrogen and oxygen atoms in total. The minimum atomic E-state index is -4.41. The molecule has 9 heteroatoms. The third kappa shape index (κ3) is 4.62. The zero-order chi connectivity index (χ0) is 20.3. The zero-order valence-corrected chi connectivity index (χ0v) is 15.4. The first-order valence-electron chi connectivity index (χ1n) is 9.05. The molecule has 3 aromatic rings. The lowest BCUT2D eigenvalue weighted by molar-refractivity contribution is -0.137. The summed E-state index contributed by atoms with van der Waals surface area (Å²) in [6.07, 6.45) is -1.14. The molecule has 0 bridgehead atoms. The van der Waals surface area contributed by atoms with Gasteiger partial charge >= 0.3 is 6.18 Å². The highest BCUT2D eigenvalue weighted by molar-refractivity contribution is 5.65. The Morgan fingerprint density at radius 1 is 0.966 bits per heavy atom. The Morgan fingerprint density at radius 3 is 2.55 bits per heavy atom. The minimum absolute atomic E-state index is 0.214. The molecule has 0 spiro atoms. The average molecular weight is 401 g/mol. The second-order valence-corrected chi connectivity index (χ2v) is 6.47. The Morgan fingerprint density at radius 2 is 1.76 bits per heavy atom. The van der Waals surface area contributed by atoms with Gasteiger partial charge in [-0.1, -0.05) is 6.07 Å². The monoisotopic (exact) mass is 401 g/mol. The van der Waals surface area contributed by atoms with Crippen molar-refractivity contribution in [1.29, 1.82) is 0 Å². The molecule has 1 fully saturated rings. The Bertz CT molecular complexity index is 990. The lowest BCUT2D eigenvalue weighted by Gasteiger charge is -2.27. The van der Waals surface area contributed by atoms with E-state index in [1.165, 1.54) is 12.1 Å². The smallest absolute Gasteiger partial charge is 0.378 e. The molecule has 0 saturated carbocycles. The first kappa shape index (κ1) is 19.1. The van der Waals surface area contributed by atoms with Crippen molar-refractivity contribution < 1.29 is 17.9 Å². The molecule has 150 valence electrons. The summed E-state index contributed by atoms with van der Waals surface area (Å²) < 4.78 is 44.1. The van der Waals surface area contributed by atoms with Crippen LogP contribution in [0.15, 0.2) is 54.9 Å². The number of benzene rings is 1. The second kappa shape index (κ2) is 8.04.